The summed E-state index contributed by atoms with van der Waals surface area (Å²) in [6, 6.07) is 7.95. The maximum atomic E-state index is 5.33. The quantitative estimate of drug-likeness (QED) is 0.495. The lowest BCUT2D eigenvalue weighted by molar-refractivity contribution is 0.832. The van der Waals surface area contributed by atoms with Crippen molar-refractivity contribution in [2.45, 2.75) is 28.7 Å². The molecule has 0 aliphatic heterocycles. The van der Waals surface area contributed by atoms with Crippen LogP contribution in [0, 0.1) is 18.3 Å². The zero-order valence-corrected chi connectivity index (χ0v) is 9.27. The molecule has 0 nitrogen and oxygen atoms in total. The third-order valence-electron chi connectivity index (χ3n) is 1.95. The highest BCUT2D eigenvalue weighted by Crippen LogP contribution is 2.06. The largest absolute Gasteiger partial charge is 0.115 e. The van der Waals surface area contributed by atoms with Crippen molar-refractivity contribution in [1.82, 2.24) is 0 Å². The predicted octanol–water partition coefficient (Wildman–Crippen LogP) is 5.17. The molecule has 0 atom stereocenters. The summed E-state index contributed by atoms with van der Waals surface area (Å²) in [4.78, 5) is 0. The third-order valence-corrected chi connectivity index (χ3v) is 1.95. The van der Waals surface area contributed by atoms with E-state index in [0.29, 0.717) is 5.92 Å². The summed E-state index contributed by atoms with van der Waals surface area (Å²) < 4.78 is 0. The summed E-state index contributed by atoms with van der Waals surface area (Å²) in [7, 11) is 0. The van der Waals surface area contributed by atoms with Gasteiger partial charge >= 0.3 is 0 Å². The maximum Gasteiger partial charge on any atom is 0.0248 e. The first-order valence-electron chi connectivity index (χ1n) is 5.14. The molecule has 0 N–H and O–H groups in total. The lowest BCUT2D eigenvalue weighted by atomic mass is 10.1. The number of rotatable bonds is 3. The second-order valence-corrected chi connectivity index (χ2v) is 3.76. The molecule has 0 heterocycles. The van der Waals surface area contributed by atoms with Crippen LogP contribution in [0.25, 0.3) is 6.08 Å². The highest BCUT2D eigenvalue weighted by molar-refractivity contribution is 5.54. The van der Waals surface area contributed by atoms with Crippen LogP contribution in [-0.2, 0) is 0 Å². The van der Waals surface area contributed by atoms with E-state index in [-0.39, 0.29) is 14.9 Å². The van der Waals surface area contributed by atoms with Gasteiger partial charge in [-0.15, -0.1) is 6.42 Å². The molecule has 0 bridgehead atoms. The molecule has 1 aromatic carbocycles. The molecule has 0 saturated carbocycles. The fourth-order valence-corrected chi connectivity index (χ4v) is 1.19. The average Bonchev–Trinajstić information content (AvgIpc) is 2.24. The summed E-state index contributed by atoms with van der Waals surface area (Å²) in [5.41, 5.74) is 2.06. The van der Waals surface area contributed by atoms with E-state index in [1.165, 1.54) is 0 Å². The average molecular weight is 228 g/mol. The van der Waals surface area contributed by atoms with Crippen LogP contribution in [0.4, 0.5) is 0 Å². The van der Waals surface area contributed by atoms with Crippen LogP contribution in [-0.4, -0.2) is 0 Å². The van der Waals surface area contributed by atoms with E-state index in [1.807, 2.05) is 30.3 Å². The first kappa shape index (κ1) is 17.6. The molecule has 0 unspecified atom stereocenters. The first-order valence-corrected chi connectivity index (χ1v) is 5.14. The van der Waals surface area contributed by atoms with Crippen molar-refractivity contribution >= 4 is 6.08 Å². The summed E-state index contributed by atoms with van der Waals surface area (Å²) >= 11 is 0. The van der Waals surface area contributed by atoms with Gasteiger partial charge in [0, 0.05) is 5.56 Å². The van der Waals surface area contributed by atoms with Gasteiger partial charge in [-0.05, 0) is 23.6 Å². The Bertz CT molecular complexity index is 400. The van der Waals surface area contributed by atoms with Crippen LogP contribution < -0.4 is 0 Å². The zero-order valence-electron chi connectivity index (χ0n) is 9.27. The molecule has 0 heteroatoms. The molecule has 17 heavy (non-hydrogen) atoms. The van der Waals surface area contributed by atoms with Crippen molar-refractivity contribution in [1.29, 1.82) is 0 Å². The molecule has 0 aromatic heterocycles. The van der Waals surface area contributed by atoms with Crippen LogP contribution in [0.5, 0.6) is 0 Å². The van der Waals surface area contributed by atoms with E-state index < -0.39 is 0 Å². The number of hydrogen-bond donors (Lipinski definition) is 0. The van der Waals surface area contributed by atoms with Crippen LogP contribution in [0.3, 0.4) is 0 Å². The van der Waals surface area contributed by atoms with Gasteiger partial charge in [0.2, 0.25) is 0 Å². The summed E-state index contributed by atoms with van der Waals surface area (Å²) in [6.45, 7) is 4.31. The van der Waals surface area contributed by atoms with Crippen LogP contribution in [0.15, 0.2) is 42.5 Å². The molecule has 0 aliphatic rings. The second-order valence-electron chi connectivity index (χ2n) is 3.76. The van der Waals surface area contributed by atoms with E-state index in [9.17, 15) is 0 Å². The summed E-state index contributed by atoms with van der Waals surface area (Å²) in [5, 5.41) is 0. The predicted molar refractivity (Wildman–Crippen MR) is 80.9 cm³/mol. The van der Waals surface area contributed by atoms with Crippen LogP contribution in [0.1, 0.15) is 39.8 Å². The van der Waals surface area contributed by atoms with Gasteiger partial charge in [0.15, 0.2) is 0 Å². The molecule has 0 spiro atoms. The minimum atomic E-state index is 0. The maximum absolute atomic E-state index is 5.33. The van der Waals surface area contributed by atoms with Crippen molar-refractivity contribution in [2.75, 3.05) is 0 Å². The Morgan fingerprint density at radius 2 is 1.88 bits per heavy atom. The van der Waals surface area contributed by atoms with E-state index in [1.54, 1.807) is 0 Å². The van der Waals surface area contributed by atoms with Gasteiger partial charge in [0.05, 0.1) is 0 Å². The number of allylic oxidation sites excluding steroid dienone is 3. The number of terminal acetylenes is 1. The van der Waals surface area contributed by atoms with Gasteiger partial charge in [0.25, 0.3) is 0 Å². The molecular weight excluding hydrogens is 204 g/mol. The lowest BCUT2D eigenvalue weighted by Crippen LogP contribution is -1.76. The van der Waals surface area contributed by atoms with E-state index in [4.69, 9.17) is 6.42 Å². The Morgan fingerprint density at radius 1 is 1.18 bits per heavy atom. The topological polar surface area (TPSA) is 0 Å². The van der Waals surface area contributed by atoms with Gasteiger partial charge in [-0.3, -0.25) is 0 Å². The molecule has 0 amide bonds. The fraction of sp³-hybridized carbons (Fsp3) is 0.294. The SMILES string of the molecule is C.C.C#Cc1cccc(/C=C\C=C\C(C)C)c1. The lowest BCUT2D eigenvalue weighted by Gasteiger charge is -1.94. The standard InChI is InChI=1S/C15H16.2CH4/c1-4-14-10-7-11-15(12-14)9-6-5-8-13(2)3;;/h1,5-13H,2-3H3;2*1H4/b8-5+,9-6-;;. The molecule has 1 aromatic rings. The highest BCUT2D eigenvalue weighted by atomic mass is 13.9. The van der Waals surface area contributed by atoms with Crippen molar-refractivity contribution in [2.24, 2.45) is 5.92 Å². The van der Waals surface area contributed by atoms with Crippen molar-refractivity contribution in [3.63, 3.8) is 0 Å². The molecule has 1 rings (SSSR count). The first-order chi connectivity index (χ1) is 7.22. The number of hydrogen-bond acceptors (Lipinski definition) is 0. The summed E-state index contributed by atoms with van der Waals surface area (Å²) in [6.07, 6.45) is 13.6. The highest BCUT2D eigenvalue weighted by Gasteiger charge is 1.87. The van der Waals surface area contributed by atoms with Crippen molar-refractivity contribution in [3.8, 4) is 12.3 Å². The molecule has 92 valence electrons. The Kier molecular flexibility index (Phi) is 9.85. The van der Waals surface area contributed by atoms with Crippen molar-refractivity contribution in [3.05, 3.63) is 53.6 Å². The van der Waals surface area contributed by atoms with E-state index in [2.05, 4.69) is 38.0 Å². The monoisotopic (exact) mass is 228 g/mol. The van der Waals surface area contributed by atoms with Gasteiger partial charge in [-0.1, -0.05) is 71.1 Å². The Hall–Kier alpha value is -1.74. The van der Waals surface area contributed by atoms with E-state index >= 15 is 0 Å². The van der Waals surface area contributed by atoms with Gasteiger partial charge in [-0.2, -0.15) is 0 Å². The molecular formula is C17H24. The zero-order chi connectivity index (χ0) is 11.1. The summed E-state index contributed by atoms with van der Waals surface area (Å²) in [5.74, 6) is 3.21. The van der Waals surface area contributed by atoms with Crippen LogP contribution >= 0.6 is 0 Å². The smallest absolute Gasteiger partial charge is 0.0248 e. The molecule has 0 radical (unpaired) electrons. The van der Waals surface area contributed by atoms with Crippen LogP contribution in [0.2, 0.25) is 0 Å². The third kappa shape index (κ3) is 7.19. The van der Waals surface area contributed by atoms with E-state index in [0.717, 1.165) is 11.1 Å². The molecule has 0 fully saturated rings. The van der Waals surface area contributed by atoms with Gasteiger partial charge in [0.1, 0.15) is 0 Å². The Balaban J connectivity index is 0. The number of benzene rings is 1. The second kappa shape index (κ2) is 9.48. The molecule has 0 saturated heterocycles. The van der Waals surface area contributed by atoms with Gasteiger partial charge in [-0.25, -0.2) is 0 Å². The fourth-order valence-electron chi connectivity index (χ4n) is 1.19. The van der Waals surface area contributed by atoms with Gasteiger partial charge < -0.3 is 0 Å². The Labute approximate surface area is 107 Å². The minimum absolute atomic E-state index is 0. The minimum Gasteiger partial charge on any atom is -0.115 e. The molecule has 0 aliphatic carbocycles. The normalized spacial score (nSPS) is 10.0. The van der Waals surface area contributed by atoms with Crippen molar-refractivity contribution < 1.29 is 0 Å². The Morgan fingerprint density at radius 3 is 2.47 bits per heavy atom.